The fourth-order valence-corrected chi connectivity index (χ4v) is 2.06. The molecule has 0 bridgehead atoms. The second-order valence-corrected chi connectivity index (χ2v) is 4.10. The molecule has 5 heteroatoms. The molecular formula is C11H17NO4. The van der Waals surface area contributed by atoms with Crippen LogP contribution in [0, 0.1) is 5.92 Å². The second kappa shape index (κ2) is 5.63. The summed E-state index contributed by atoms with van der Waals surface area (Å²) >= 11 is 0. The molecule has 1 N–H and O–H groups in total. The lowest BCUT2D eigenvalue weighted by Gasteiger charge is -2.27. The maximum atomic E-state index is 11.5. The van der Waals surface area contributed by atoms with E-state index in [4.69, 9.17) is 0 Å². The molecule has 0 aliphatic heterocycles. The van der Waals surface area contributed by atoms with Gasteiger partial charge in [-0.1, -0.05) is 0 Å². The Labute approximate surface area is 94.5 Å². The van der Waals surface area contributed by atoms with Crippen molar-refractivity contribution in [3.05, 3.63) is 0 Å². The van der Waals surface area contributed by atoms with Crippen LogP contribution in [-0.4, -0.2) is 30.8 Å². The Morgan fingerprint density at radius 3 is 2.69 bits per heavy atom. The number of amides is 1. The number of rotatable bonds is 3. The standard InChI is InChI=1S/C11H17NO4/c1-7(13)12-10(11(15)16-2)8-4-3-5-9(14)6-8/h8,10H,3-6H2,1-2H3,(H,12,13)/t8-,10+/m0/s1. The van der Waals surface area contributed by atoms with E-state index < -0.39 is 12.0 Å². The molecule has 1 aliphatic carbocycles. The first-order valence-electron chi connectivity index (χ1n) is 5.41. The van der Waals surface area contributed by atoms with Crippen molar-refractivity contribution >= 4 is 17.7 Å². The predicted molar refractivity (Wildman–Crippen MR) is 56.6 cm³/mol. The molecule has 0 aromatic rings. The van der Waals surface area contributed by atoms with Gasteiger partial charge in [-0.2, -0.15) is 0 Å². The first-order valence-corrected chi connectivity index (χ1v) is 5.41. The van der Waals surface area contributed by atoms with Gasteiger partial charge in [0.25, 0.3) is 0 Å². The van der Waals surface area contributed by atoms with Crippen LogP contribution >= 0.6 is 0 Å². The number of esters is 1. The molecule has 0 radical (unpaired) electrons. The number of carbonyl (C=O) groups is 3. The van der Waals surface area contributed by atoms with Crippen LogP contribution in [0.25, 0.3) is 0 Å². The molecule has 16 heavy (non-hydrogen) atoms. The Hall–Kier alpha value is -1.39. The quantitative estimate of drug-likeness (QED) is 0.709. The van der Waals surface area contributed by atoms with E-state index in [1.807, 2.05) is 0 Å². The maximum Gasteiger partial charge on any atom is 0.328 e. The molecule has 1 saturated carbocycles. The van der Waals surface area contributed by atoms with Crippen molar-refractivity contribution in [1.29, 1.82) is 0 Å². The summed E-state index contributed by atoms with van der Waals surface area (Å²) in [7, 11) is 1.28. The first kappa shape index (κ1) is 12.7. The lowest BCUT2D eigenvalue weighted by Crippen LogP contribution is -2.47. The minimum Gasteiger partial charge on any atom is -0.467 e. The average Bonchev–Trinajstić information content (AvgIpc) is 2.24. The van der Waals surface area contributed by atoms with Crippen LogP contribution in [0.1, 0.15) is 32.6 Å². The molecule has 1 fully saturated rings. The van der Waals surface area contributed by atoms with Crippen LogP contribution in [-0.2, 0) is 19.1 Å². The third kappa shape index (κ3) is 3.32. The molecule has 0 spiro atoms. The zero-order valence-corrected chi connectivity index (χ0v) is 9.62. The normalized spacial score (nSPS) is 22.4. The summed E-state index contributed by atoms with van der Waals surface area (Å²) < 4.78 is 4.64. The highest BCUT2D eigenvalue weighted by molar-refractivity contribution is 5.85. The van der Waals surface area contributed by atoms with Crippen molar-refractivity contribution in [3.63, 3.8) is 0 Å². The lowest BCUT2D eigenvalue weighted by atomic mass is 9.83. The number of carbonyl (C=O) groups excluding carboxylic acids is 3. The first-order chi connectivity index (χ1) is 7.54. The molecule has 0 aromatic heterocycles. The molecule has 0 heterocycles. The van der Waals surface area contributed by atoms with Crippen molar-refractivity contribution in [1.82, 2.24) is 5.32 Å². The van der Waals surface area contributed by atoms with Gasteiger partial charge in [-0.15, -0.1) is 0 Å². The highest BCUT2D eigenvalue weighted by Gasteiger charge is 2.33. The van der Waals surface area contributed by atoms with Gasteiger partial charge in [-0.05, 0) is 18.8 Å². The number of ether oxygens (including phenoxy) is 1. The van der Waals surface area contributed by atoms with Gasteiger partial charge in [-0.3, -0.25) is 9.59 Å². The zero-order valence-electron chi connectivity index (χ0n) is 9.62. The summed E-state index contributed by atoms with van der Waals surface area (Å²) in [5.41, 5.74) is 0. The molecule has 5 nitrogen and oxygen atoms in total. The van der Waals surface area contributed by atoms with E-state index in [1.165, 1.54) is 14.0 Å². The van der Waals surface area contributed by atoms with Crippen LogP contribution in [0.2, 0.25) is 0 Å². The Bertz CT molecular complexity index is 300. The van der Waals surface area contributed by atoms with Crippen molar-refractivity contribution < 1.29 is 19.1 Å². The summed E-state index contributed by atoms with van der Waals surface area (Å²) in [5, 5.41) is 2.56. The third-order valence-corrected chi connectivity index (χ3v) is 2.81. The topological polar surface area (TPSA) is 72.5 Å². The molecule has 1 amide bonds. The van der Waals surface area contributed by atoms with E-state index in [2.05, 4.69) is 10.1 Å². The van der Waals surface area contributed by atoms with E-state index in [1.54, 1.807) is 0 Å². The van der Waals surface area contributed by atoms with Gasteiger partial charge in [-0.25, -0.2) is 4.79 Å². The Kier molecular flexibility index (Phi) is 4.46. The number of methoxy groups -OCH3 is 1. The highest BCUT2D eigenvalue weighted by Crippen LogP contribution is 2.25. The van der Waals surface area contributed by atoms with Crippen LogP contribution in [0.3, 0.4) is 0 Å². The minimum atomic E-state index is -0.688. The fraction of sp³-hybridized carbons (Fsp3) is 0.727. The molecule has 1 rings (SSSR count). The number of hydrogen-bond acceptors (Lipinski definition) is 4. The molecule has 0 unspecified atom stereocenters. The predicted octanol–water partition coefficient (Wildman–Crippen LogP) is 0.423. The van der Waals surface area contributed by atoms with Crippen molar-refractivity contribution in [2.75, 3.05) is 7.11 Å². The minimum absolute atomic E-state index is 0.127. The van der Waals surface area contributed by atoms with Gasteiger partial charge in [0, 0.05) is 19.8 Å². The molecule has 0 saturated heterocycles. The molecular weight excluding hydrogens is 210 g/mol. The summed E-state index contributed by atoms with van der Waals surface area (Å²) in [5.74, 6) is -0.739. The van der Waals surface area contributed by atoms with Crippen molar-refractivity contribution in [2.45, 2.75) is 38.6 Å². The summed E-state index contributed by atoms with van der Waals surface area (Å²) in [4.78, 5) is 33.8. The molecule has 0 aromatic carbocycles. The summed E-state index contributed by atoms with van der Waals surface area (Å²) in [6, 6.07) is -0.688. The number of Topliss-reactive ketones (excluding diaryl/α,β-unsaturated/α-hetero) is 1. The largest absolute Gasteiger partial charge is 0.467 e. The monoisotopic (exact) mass is 227 g/mol. The zero-order chi connectivity index (χ0) is 12.1. The summed E-state index contributed by atoms with van der Waals surface area (Å²) in [6.45, 7) is 1.35. The van der Waals surface area contributed by atoms with Gasteiger partial charge in [0.1, 0.15) is 11.8 Å². The van der Waals surface area contributed by atoms with E-state index >= 15 is 0 Å². The van der Waals surface area contributed by atoms with Gasteiger partial charge < -0.3 is 10.1 Å². The lowest BCUT2D eigenvalue weighted by molar-refractivity contribution is -0.147. The number of nitrogens with one attached hydrogen (secondary N) is 1. The van der Waals surface area contributed by atoms with Gasteiger partial charge in [0.05, 0.1) is 7.11 Å². The van der Waals surface area contributed by atoms with Crippen LogP contribution < -0.4 is 5.32 Å². The third-order valence-electron chi connectivity index (χ3n) is 2.81. The average molecular weight is 227 g/mol. The Morgan fingerprint density at radius 1 is 1.50 bits per heavy atom. The Morgan fingerprint density at radius 2 is 2.19 bits per heavy atom. The van der Waals surface area contributed by atoms with E-state index in [9.17, 15) is 14.4 Å². The second-order valence-electron chi connectivity index (χ2n) is 4.10. The van der Waals surface area contributed by atoms with Crippen LogP contribution in [0.4, 0.5) is 0 Å². The van der Waals surface area contributed by atoms with E-state index in [-0.39, 0.29) is 17.6 Å². The van der Waals surface area contributed by atoms with E-state index in [0.29, 0.717) is 12.8 Å². The fourth-order valence-electron chi connectivity index (χ4n) is 2.06. The summed E-state index contributed by atoms with van der Waals surface area (Å²) in [6.07, 6.45) is 2.47. The van der Waals surface area contributed by atoms with E-state index in [0.717, 1.165) is 12.8 Å². The van der Waals surface area contributed by atoms with Crippen molar-refractivity contribution in [3.8, 4) is 0 Å². The maximum absolute atomic E-state index is 11.5. The number of ketones is 1. The molecule has 90 valence electrons. The van der Waals surface area contributed by atoms with Crippen molar-refractivity contribution in [2.24, 2.45) is 5.92 Å². The van der Waals surface area contributed by atoms with Crippen LogP contribution in [0.5, 0.6) is 0 Å². The van der Waals surface area contributed by atoms with Gasteiger partial charge in [0.15, 0.2) is 0 Å². The number of hydrogen-bond donors (Lipinski definition) is 1. The highest BCUT2D eigenvalue weighted by atomic mass is 16.5. The molecule has 2 atom stereocenters. The van der Waals surface area contributed by atoms with Crippen LogP contribution in [0.15, 0.2) is 0 Å². The van der Waals surface area contributed by atoms with Gasteiger partial charge in [0.2, 0.25) is 5.91 Å². The SMILES string of the molecule is COC(=O)[C@H](NC(C)=O)[C@H]1CCCC(=O)C1. The van der Waals surface area contributed by atoms with Gasteiger partial charge >= 0.3 is 5.97 Å². The smallest absolute Gasteiger partial charge is 0.328 e. The molecule has 1 aliphatic rings. The Balaban J connectivity index is 2.70.